The zero-order chi connectivity index (χ0) is 18.0. The molecule has 2 amide bonds. The van der Waals surface area contributed by atoms with Gasteiger partial charge >= 0.3 is 6.09 Å². The largest absolute Gasteiger partial charge is 0.467 e. The van der Waals surface area contributed by atoms with E-state index in [-0.39, 0.29) is 18.6 Å². The Morgan fingerprint density at radius 2 is 2.15 bits per heavy atom. The quantitative estimate of drug-likeness (QED) is 0.896. The van der Waals surface area contributed by atoms with Crippen LogP contribution in [-0.2, 0) is 9.53 Å². The van der Waals surface area contributed by atoms with Crippen molar-refractivity contribution in [1.82, 2.24) is 20.2 Å². The highest BCUT2D eigenvalue weighted by Gasteiger charge is 2.41. The maximum atomic E-state index is 12.6. The molecule has 26 heavy (non-hydrogen) atoms. The molecule has 2 aromatic rings. The van der Waals surface area contributed by atoms with Crippen molar-refractivity contribution in [3.05, 3.63) is 30.6 Å². The zero-order valence-corrected chi connectivity index (χ0v) is 14.3. The number of hydrogen-bond donors (Lipinski definition) is 1. The third-order valence-electron chi connectivity index (χ3n) is 4.95. The van der Waals surface area contributed by atoms with Crippen molar-refractivity contribution in [2.75, 3.05) is 26.2 Å². The first-order chi connectivity index (χ1) is 12.7. The Labute approximate surface area is 150 Å². The fourth-order valence-electron chi connectivity index (χ4n) is 3.51. The zero-order valence-electron chi connectivity index (χ0n) is 14.3. The number of amides is 2. The highest BCUT2D eigenvalue weighted by Crippen LogP contribution is 2.29. The van der Waals surface area contributed by atoms with Crippen molar-refractivity contribution in [2.45, 2.75) is 24.9 Å². The minimum absolute atomic E-state index is 0.0773. The molecule has 1 aromatic carbocycles. The summed E-state index contributed by atoms with van der Waals surface area (Å²) in [7, 11) is 0. The monoisotopic (exact) mass is 356 g/mol. The standard InChI is InChI=1S/C18H20N4O4/c23-15(10-25-16-13-4-1-2-5-14(13)20-12-21-16)22-8-3-6-18(7-9-22)11-19-17(24)26-18/h1-2,4-5,12H,3,6-11H2,(H,19,24)/t18-/m1/s1. The molecule has 2 aliphatic rings. The van der Waals surface area contributed by atoms with Gasteiger partial charge in [0.25, 0.3) is 5.91 Å². The molecule has 1 aromatic heterocycles. The van der Waals surface area contributed by atoms with Crippen LogP contribution in [0.15, 0.2) is 30.6 Å². The van der Waals surface area contributed by atoms with Gasteiger partial charge in [-0.1, -0.05) is 12.1 Å². The number of rotatable bonds is 3. The van der Waals surface area contributed by atoms with Crippen LogP contribution in [0.3, 0.4) is 0 Å². The highest BCUT2D eigenvalue weighted by atomic mass is 16.6. The number of nitrogens with zero attached hydrogens (tertiary/aromatic N) is 3. The lowest BCUT2D eigenvalue weighted by atomic mass is 9.95. The van der Waals surface area contributed by atoms with Gasteiger partial charge in [0.15, 0.2) is 6.61 Å². The van der Waals surface area contributed by atoms with Gasteiger partial charge in [-0.15, -0.1) is 0 Å². The summed E-state index contributed by atoms with van der Waals surface area (Å²) in [6.07, 6.45) is 3.24. The van der Waals surface area contributed by atoms with Crippen LogP contribution in [-0.4, -0.2) is 58.7 Å². The number of nitrogens with one attached hydrogen (secondary N) is 1. The van der Waals surface area contributed by atoms with E-state index in [1.54, 1.807) is 4.90 Å². The maximum Gasteiger partial charge on any atom is 0.407 e. The summed E-state index contributed by atoms with van der Waals surface area (Å²) >= 11 is 0. The molecule has 0 saturated carbocycles. The number of carbonyl (C=O) groups excluding carboxylic acids is 2. The van der Waals surface area contributed by atoms with Gasteiger partial charge in [-0.2, -0.15) is 0 Å². The minimum Gasteiger partial charge on any atom is -0.467 e. The lowest BCUT2D eigenvalue weighted by molar-refractivity contribution is -0.133. The first kappa shape index (κ1) is 16.6. The van der Waals surface area contributed by atoms with Gasteiger partial charge in [0.05, 0.1) is 17.4 Å². The fraction of sp³-hybridized carbons (Fsp3) is 0.444. The molecule has 2 aliphatic heterocycles. The number of para-hydroxylation sites is 1. The Hall–Kier alpha value is -2.90. The molecule has 136 valence electrons. The Bertz CT molecular complexity index is 838. The number of hydrogen-bond acceptors (Lipinski definition) is 6. The molecule has 1 atom stereocenters. The normalized spacial score (nSPS) is 22.8. The molecule has 1 N–H and O–H groups in total. The van der Waals surface area contributed by atoms with Crippen LogP contribution in [0.25, 0.3) is 10.9 Å². The van der Waals surface area contributed by atoms with E-state index in [9.17, 15) is 9.59 Å². The minimum atomic E-state index is -0.476. The van der Waals surface area contributed by atoms with Gasteiger partial charge in [0.1, 0.15) is 11.9 Å². The number of aromatic nitrogens is 2. The Balaban J connectivity index is 1.38. The van der Waals surface area contributed by atoms with Crippen molar-refractivity contribution < 1.29 is 19.1 Å². The van der Waals surface area contributed by atoms with E-state index in [2.05, 4.69) is 15.3 Å². The molecule has 2 fully saturated rings. The van der Waals surface area contributed by atoms with Crippen LogP contribution in [0.1, 0.15) is 19.3 Å². The Morgan fingerprint density at radius 1 is 1.27 bits per heavy atom. The SMILES string of the molecule is O=C1NC[C@]2(CCCN(C(=O)COc3ncnc4ccccc34)CC2)O1. The predicted molar refractivity (Wildman–Crippen MR) is 92.7 cm³/mol. The topological polar surface area (TPSA) is 93.7 Å². The summed E-state index contributed by atoms with van der Waals surface area (Å²) in [5.74, 6) is 0.311. The van der Waals surface area contributed by atoms with E-state index >= 15 is 0 Å². The number of carbonyl (C=O) groups is 2. The van der Waals surface area contributed by atoms with Crippen molar-refractivity contribution in [3.8, 4) is 5.88 Å². The third kappa shape index (κ3) is 3.26. The number of fused-ring (bicyclic) bond motifs is 1. The van der Waals surface area contributed by atoms with Crippen LogP contribution in [0, 0.1) is 0 Å². The molecule has 0 aliphatic carbocycles. The summed E-state index contributed by atoms with van der Waals surface area (Å²) in [6.45, 7) is 1.61. The number of alkyl carbamates (subject to hydrolysis) is 1. The Kier molecular flexibility index (Phi) is 4.32. The molecular formula is C18H20N4O4. The predicted octanol–water partition coefficient (Wildman–Crippen LogP) is 1.50. The average molecular weight is 356 g/mol. The molecule has 8 nitrogen and oxygen atoms in total. The van der Waals surface area contributed by atoms with Crippen molar-refractivity contribution >= 4 is 22.9 Å². The molecule has 8 heteroatoms. The molecular weight excluding hydrogens is 336 g/mol. The molecule has 4 rings (SSSR count). The smallest absolute Gasteiger partial charge is 0.407 e. The summed E-state index contributed by atoms with van der Waals surface area (Å²) in [6, 6.07) is 7.51. The average Bonchev–Trinajstić information content (AvgIpc) is 2.90. The number of ether oxygens (including phenoxy) is 2. The van der Waals surface area contributed by atoms with Crippen LogP contribution in [0.4, 0.5) is 4.79 Å². The van der Waals surface area contributed by atoms with E-state index in [0.29, 0.717) is 31.9 Å². The second-order valence-electron chi connectivity index (χ2n) is 6.65. The number of likely N-dealkylation sites (tertiary alicyclic amines) is 1. The summed E-state index contributed by atoms with van der Waals surface area (Å²) in [5.41, 5.74) is 0.299. The molecule has 1 spiro atoms. The van der Waals surface area contributed by atoms with Crippen LogP contribution in [0.5, 0.6) is 5.88 Å². The van der Waals surface area contributed by atoms with Gasteiger partial charge in [-0.25, -0.2) is 14.8 Å². The third-order valence-corrected chi connectivity index (χ3v) is 4.95. The molecule has 3 heterocycles. The molecule has 2 saturated heterocycles. The first-order valence-electron chi connectivity index (χ1n) is 8.72. The van der Waals surface area contributed by atoms with E-state index in [1.807, 2.05) is 24.3 Å². The van der Waals surface area contributed by atoms with Crippen LogP contribution < -0.4 is 10.1 Å². The molecule has 0 radical (unpaired) electrons. The number of benzene rings is 1. The van der Waals surface area contributed by atoms with Gasteiger partial charge in [0, 0.05) is 19.5 Å². The van der Waals surface area contributed by atoms with E-state index in [4.69, 9.17) is 9.47 Å². The van der Waals surface area contributed by atoms with Gasteiger partial charge in [-0.05, 0) is 25.0 Å². The lowest BCUT2D eigenvalue weighted by Gasteiger charge is -2.25. The summed E-state index contributed by atoms with van der Waals surface area (Å²) < 4.78 is 11.1. The molecule has 0 bridgehead atoms. The second kappa shape index (κ2) is 6.78. The van der Waals surface area contributed by atoms with Crippen molar-refractivity contribution in [1.29, 1.82) is 0 Å². The van der Waals surface area contributed by atoms with Gasteiger partial charge in [0.2, 0.25) is 5.88 Å². The molecule has 0 unspecified atom stereocenters. The lowest BCUT2D eigenvalue weighted by Crippen LogP contribution is -2.38. The van der Waals surface area contributed by atoms with Crippen molar-refractivity contribution in [3.63, 3.8) is 0 Å². The van der Waals surface area contributed by atoms with E-state index in [1.165, 1.54) is 6.33 Å². The van der Waals surface area contributed by atoms with E-state index < -0.39 is 5.60 Å². The fourth-order valence-corrected chi connectivity index (χ4v) is 3.51. The van der Waals surface area contributed by atoms with Gasteiger partial charge in [-0.3, -0.25) is 4.79 Å². The van der Waals surface area contributed by atoms with Gasteiger partial charge < -0.3 is 19.7 Å². The Morgan fingerprint density at radius 3 is 3.00 bits per heavy atom. The summed E-state index contributed by atoms with van der Waals surface area (Å²) in [5, 5.41) is 3.49. The highest BCUT2D eigenvalue weighted by molar-refractivity contribution is 5.84. The van der Waals surface area contributed by atoms with Crippen LogP contribution >= 0.6 is 0 Å². The summed E-state index contributed by atoms with van der Waals surface area (Å²) in [4.78, 5) is 34.0. The van der Waals surface area contributed by atoms with Crippen LogP contribution in [0.2, 0.25) is 0 Å². The first-order valence-corrected chi connectivity index (χ1v) is 8.72. The maximum absolute atomic E-state index is 12.6. The van der Waals surface area contributed by atoms with Crippen molar-refractivity contribution in [2.24, 2.45) is 0 Å². The second-order valence-corrected chi connectivity index (χ2v) is 6.65. The van der Waals surface area contributed by atoms with E-state index in [0.717, 1.165) is 23.7 Å².